The van der Waals surface area contributed by atoms with Crippen molar-refractivity contribution in [1.29, 1.82) is 5.26 Å². The van der Waals surface area contributed by atoms with Crippen LogP contribution in [0.15, 0.2) is 51.7 Å². The number of carbonyl (C=O) groups is 1. The fraction of sp³-hybridized carbons (Fsp3) is 0.375. The topological polar surface area (TPSA) is 100 Å². The molecule has 1 aliphatic heterocycles. The molecule has 0 spiro atoms. The van der Waals surface area contributed by atoms with Crippen LogP contribution in [0.3, 0.4) is 0 Å². The Morgan fingerprint density at radius 2 is 2.06 bits per heavy atom. The monoisotopic (exact) mass is 422 g/mol. The first-order chi connectivity index (χ1) is 15.0. The summed E-state index contributed by atoms with van der Waals surface area (Å²) in [5.41, 5.74) is 4.24. The van der Waals surface area contributed by atoms with E-state index in [0.717, 1.165) is 41.6 Å². The van der Waals surface area contributed by atoms with Gasteiger partial charge in [-0.1, -0.05) is 30.3 Å². The Labute approximate surface area is 183 Å². The zero-order valence-electron chi connectivity index (χ0n) is 17.7. The van der Waals surface area contributed by atoms with E-state index in [1.165, 1.54) is 4.57 Å². The number of rotatable bonds is 5. The maximum absolute atomic E-state index is 12.6. The second kappa shape index (κ2) is 8.78. The van der Waals surface area contributed by atoms with Gasteiger partial charge in [-0.25, -0.2) is 4.79 Å². The molecule has 1 saturated heterocycles. The Morgan fingerprint density at radius 1 is 1.32 bits per heavy atom. The normalized spacial score (nSPS) is 19.6. The minimum Gasteiger partial charge on any atom is -0.408 e. The first kappa shape index (κ1) is 20.9. The van der Waals surface area contributed by atoms with Crippen molar-refractivity contribution < 1.29 is 12.1 Å². The van der Waals surface area contributed by atoms with Crippen molar-refractivity contribution in [2.45, 2.75) is 38.3 Å². The van der Waals surface area contributed by atoms with E-state index in [-0.39, 0.29) is 26.5 Å². The molecule has 1 amide bonds. The number of piperidine rings is 1. The molecule has 1 fully saturated rings. The van der Waals surface area contributed by atoms with Gasteiger partial charge in [0, 0.05) is 22.4 Å². The Kier molecular flexibility index (Phi) is 5.92. The molecular formula is C24H30N4O3. The van der Waals surface area contributed by atoms with E-state index in [0.29, 0.717) is 12.0 Å². The molecular weight excluding hydrogens is 392 g/mol. The summed E-state index contributed by atoms with van der Waals surface area (Å²) in [5, 5.41) is 15.8. The van der Waals surface area contributed by atoms with E-state index < -0.39 is 6.04 Å². The number of nitriles is 1. The van der Waals surface area contributed by atoms with Gasteiger partial charge >= 0.3 is 5.76 Å². The van der Waals surface area contributed by atoms with Crippen molar-refractivity contribution in [3.8, 4) is 17.2 Å². The summed E-state index contributed by atoms with van der Waals surface area (Å²) >= 11 is 0. The molecule has 0 unspecified atom stereocenters. The van der Waals surface area contributed by atoms with Crippen molar-refractivity contribution in [2.75, 3.05) is 6.54 Å². The molecule has 0 aliphatic carbocycles. The molecule has 4 rings (SSSR count). The predicted molar refractivity (Wildman–Crippen MR) is 123 cm³/mol. The van der Waals surface area contributed by atoms with Crippen LogP contribution in [0, 0.1) is 17.2 Å². The predicted octanol–water partition coefficient (Wildman–Crippen LogP) is 3.23. The molecule has 0 saturated carbocycles. The van der Waals surface area contributed by atoms with Crippen LogP contribution in [0.25, 0.3) is 22.2 Å². The third-order valence-electron chi connectivity index (χ3n) is 6.09. The SMILES string of the molecule is C[C@@H]1NCCC[C@@H]1C(=O)N[C@H](C#N)Cc1ccc(-c2ccc3oc(=O)n(C)c3c2)cc1.[HH].[HH]. The van der Waals surface area contributed by atoms with Crippen LogP contribution in [-0.4, -0.2) is 29.1 Å². The molecule has 0 bridgehead atoms. The maximum Gasteiger partial charge on any atom is 0.419 e. The molecule has 3 aromatic rings. The fourth-order valence-corrected chi connectivity index (χ4v) is 4.19. The number of carbonyl (C=O) groups excluding carboxylic acids is 1. The minimum atomic E-state index is -0.565. The van der Waals surface area contributed by atoms with E-state index in [1.54, 1.807) is 13.1 Å². The molecule has 2 N–H and O–H groups in total. The number of aromatic nitrogens is 1. The lowest BCUT2D eigenvalue weighted by molar-refractivity contribution is -0.126. The van der Waals surface area contributed by atoms with E-state index in [1.807, 2.05) is 43.3 Å². The van der Waals surface area contributed by atoms with E-state index >= 15 is 0 Å². The number of nitrogens with one attached hydrogen (secondary N) is 2. The van der Waals surface area contributed by atoms with Crippen LogP contribution in [0.2, 0.25) is 0 Å². The number of fused-ring (bicyclic) bond motifs is 1. The second-order valence-electron chi connectivity index (χ2n) is 8.19. The number of benzene rings is 2. The van der Waals surface area contributed by atoms with Crippen LogP contribution in [-0.2, 0) is 18.3 Å². The smallest absolute Gasteiger partial charge is 0.408 e. The van der Waals surface area contributed by atoms with Crippen molar-refractivity contribution in [2.24, 2.45) is 13.0 Å². The molecule has 31 heavy (non-hydrogen) atoms. The highest BCUT2D eigenvalue weighted by Crippen LogP contribution is 2.24. The number of nitrogens with zero attached hydrogens (tertiary/aromatic N) is 2. The number of hydrogen-bond donors (Lipinski definition) is 2. The number of aryl methyl sites for hydroxylation is 1. The summed E-state index contributed by atoms with van der Waals surface area (Å²) in [5.74, 6) is -0.534. The summed E-state index contributed by atoms with van der Waals surface area (Å²) in [7, 11) is 1.68. The van der Waals surface area contributed by atoms with Gasteiger partial charge in [0.15, 0.2) is 5.58 Å². The van der Waals surface area contributed by atoms with Crippen LogP contribution < -0.4 is 16.4 Å². The first-order valence-electron chi connectivity index (χ1n) is 10.6. The van der Waals surface area contributed by atoms with Gasteiger partial charge in [-0.05, 0) is 55.1 Å². The molecule has 1 aliphatic rings. The minimum absolute atomic E-state index is 0. The average Bonchev–Trinajstić information content (AvgIpc) is 3.07. The van der Waals surface area contributed by atoms with Gasteiger partial charge in [-0.15, -0.1) is 0 Å². The molecule has 3 atom stereocenters. The highest BCUT2D eigenvalue weighted by molar-refractivity contribution is 5.81. The van der Waals surface area contributed by atoms with Crippen LogP contribution in [0.1, 0.15) is 28.2 Å². The number of oxazole rings is 1. The van der Waals surface area contributed by atoms with Crippen LogP contribution in [0.4, 0.5) is 0 Å². The number of hydrogen-bond acceptors (Lipinski definition) is 5. The van der Waals surface area contributed by atoms with Crippen molar-refractivity contribution in [3.05, 3.63) is 58.6 Å². The summed E-state index contributed by atoms with van der Waals surface area (Å²) in [6.07, 6.45) is 2.27. The molecule has 0 radical (unpaired) electrons. The third-order valence-corrected chi connectivity index (χ3v) is 6.09. The number of amides is 1. The third kappa shape index (κ3) is 4.39. The molecule has 2 aromatic carbocycles. The van der Waals surface area contributed by atoms with E-state index in [2.05, 4.69) is 16.7 Å². The van der Waals surface area contributed by atoms with Gasteiger partial charge in [0.2, 0.25) is 5.91 Å². The highest BCUT2D eigenvalue weighted by Gasteiger charge is 2.28. The Hall–Kier alpha value is -3.37. The van der Waals surface area contributed by atoms with Gasteiger partial charge in [0.1, 0.15) is 6.04 Å². The average molecular weight is 423 g/mol. The van der Waals surface area contributed by atoms with Gasteiger partial charge in [-0.3, -0.25) is 9.36 Å². The van der Waals surface area contributed by atoms with Crippen LogP contribution in [0.5, 0.6) is 0 Å². The first-order valence-corrected chi connectivity index (χ1v) is 10.6. The lowest BCUT2D eigenvalue weighted by Crippen LogP contribution is -2.49. The van der Waals surface area contributed by atoms with Gasteiger partial charge in [0.05, 0.1) is 17.5 Å². The lowest BCUT2D eigenvalue weighted by atomic mass is 9.91. The van der Waals surface area contributed by atoms with Gasteiger partial charge < -0.3 is 15.1 Å². The maximum atomic E-state index is 12.6. The van der Waals surface area contributed by atoms with Crippen molar-refractivity contribution in [1.82, 2.24) is 15.2 Å². The molecule has 2 heterocycles. The Bertz CT molecular complexity index is 1200. The van der Waals surface area contributed by atoms with Gasteiger partial charge in [0.25, 0.3) is 0 Å². The summed E-state index contributed by atoms with van der Waals surface area (Å²) in [4.78, 5) is 24.3. The Balaban J connectivity index is 0.00000193. The molecule has 1 aromatic heterocycles. The summed E-state index contributed by atoms with van der Waals surface area (Å²) in [6.45, 7) is 2.95. The van der Waals surface area contributed by atoms with Gasteiger partial charge in [-0.2, -0.15) is 5.26 Å². The molecule has 7 nitrogen and oxygen atoms in total. The standard InChI is InChI=1S/C24H26N4O3.2H2/c1-15-20(4-3-11-26-15)23(29)27-19(14-25)12-16-5-7-17(8-6-16)18-9-10-22-21(13-18)28(2)24(30)31-22;;/h5-10,13,15,19-20,26H,3-4,11-12H2,1-2H3,(H,27,29);2*1H/t15-,19-,20-;;/m0../s1. The second-order valence-corrected chi connectivity index (χ2v) is 8.19. The zero-order valence-corrected chi connectivity index (χ0v) is 17.7. The van der Waals surface area contributed by atoms with E-state index in [9.17, 15) is 14.9 Å². The van der Waals surface area contributed by atoms with Crippen molar-refractivity contribution in [3.63, 3.8) is 0 Å². The largest absolute Gasteiger partial charge is 0.419 e. The quantitative estimate of drug-likeness (QED) is 0.658. The van der Waals surface area contributed by atoms with Crippen molar-refractivity contribution >= 4 is 17.0 Å². The molecule has 7 heteroatoms. The zero-order chi connectivity index (χ0) is 22.0. The lowest BCUT2D eigenvalue weighted by Gasteiger charge is -2.29. The van der Waals surface area contributed by atoms with Crippen LogP contribution >= 0.6 is 0 Å². The summed E-state index contributed by atoms with van der Waals surface area (Å²) in [6, 6.07) is 15.3. The van der Waals surface area contributed by atoms with E-state index in [4.69, 9.17) is 4.42 Å². The highest BCUT2D eigenvalue weighted by atomic mass is 16.4. The molecule has 164 valence electrons. The summed E-state index contributed by atoms with van der Waals surface area (Å²) < 4.78 is 6.67. The fourth-order valence-electron chi connectivity index (χ4n) is 4.19. The Morgan fingerprint density at radius 3 is 2.77 bits per heavy atom.